The quantitative estimate of drug-likeness (QED) is 0.187. The maximum atomic E-state index is 12.0. The summed E-state index contributed by atoms with van der Waals surface area (Å²) in [5, 5.41) is 18.7. The van der Waals surface area contributed by atoms with E-state index in [-0.39, 0.29) is 12.3 Å². The number of amides is 1. The highest BCUT2D eigenvalue weighted by molar-refractivity contribution is 5.75. The molecule has 13 heteroatoms. The summed E-state index contributed by atoms with van der Waals surface area (Å²) in [6.45, 7) is 8.47. The van der Waals surface area contributed by atoms with E-state index in [2.05, 4.69) is 25.7 Å². The number of nitrogens with two attached hydrogens (primary N) is 1. The highest BCUT2D eigenvalue weighted by Gasteiger charge is 2.05. The average Bonchev–Trinajstić information content (AvgIpc) is 2.94. The van der Waals surface area contributed by atoms with Gasteiger partial charge in [0.25, 0.3) is 0 Å². The van der Waals surface area contributed by atoms with Crippen LogP contribution in [0.2, 0.25) is 0 Å². The Morgan fingerprint density at radius 1 is 0.684 bits per heavy atom. The lowest BCUT2D eigenvalue weighted by molar-refractivity contribution is -0.122. The molecule has 0 saturated heterocycles. The Labute approximate surface area is 223 Å². The summed E-state index contributed by atoms with van der Waals surface area (Å²) in [4.78, 5) is 12.0. The number of hydrogen-bond donors (Lipinski definition) is 2. The minimum Gasteiger partial charge on any atom is -0.379 e. The van der Waals surface area contributed by atoms with Gasteiger partial charge in [-0.15, -0.1) is 20.4 Å². The molecule has 0 fully saturated rings. The van der Waals surface area contributed by atoms with Crippen LogP contribution in [0, 0.1) is 6.92 Å². The van der Waals surface area contributed by atoms with Crippen molar-refractivity contribution in [3.05, 3.63) is 35.7 Å². The molecule has 0 unspecified atom stereocenters. The standard InChI is InChI=1S/C25H40N6O7/c1-21-28-30-25(31-29-21)23-4-2-22(3-5-23)20-27-24(32)6-8-33-10-12-35-14-16-37-18-19-38-17-15-36-13-11-34-9-7-26/h2-5H,6-20,26H2,1H3,(H,27,32). The Morgan fingerprint density at radius 3 is 1.61 bits per heavy atom. The summed E-state index contributed by atoms with van der Waals surface area (Å²) in [7, 11) is 0. The van der Waals surface area contributed by atoms with Crippen LogP contribution in [0.25, 0.3) is 11.4 Å². The molecule has 0 spiro atoms. The summed E-state index contributed by atoms with van der Waals surface area (Å²) in [5.74, 6) is 0.903. The first-order valence-corrected chi connectivity index (χ1v) is 12.8. The van der Waals surface area contributed by atoms with Gasteiger partial charge in [-0.25, -0.2) is 0 Å². The molecule has 1 amide bonds. The van der Waals surface area contributed by atoms with Crippen molar-refractivity contribution < 1.29 is 33.2 Å². The molecular formula is C25H40N6O7. The lowest BCUT2D eigenvalue weighted by Gasteiger charge is -2.08. The van der Waals surface area contributed by atoms with Crippen molar-refractivity contribution in [3.63, 3.8) is 0 Å². The van der Waals surface area contributed by atoms with Gasteiger partial charge >= 0.3 is 0 Å². The van der Waals surface area contributed by atoms with Crippen LogP contribution in [-0.2, 0) is 39.8 Å². The largest absolute Gasteiger partial charge is 0.379 e. The number of aryl methyl sites for hydroxylation is 1. The van der Waals surface area contributed by atoms with Crippen molar-refractivity contribution in [1.29, 1.82) is 0 Å². The third kappa shape index (κ3) is 15.6. The van der Waals surface area contributed by atoms with E-state index in [0.717, 1.165) is 11.1 Å². The summed E-state index contributed by atoms with van der Waals surface area (Å²) in [5.41, 5.74) is 7.10. The molecule has 212 valence electrons. The van der Waals surface area contributed by atoms with Gasteiger partial charge in [0.05, 0.1) is 79.3 Å². The third-order valence-electron chi connectivity index (χ3n) is 4.88. The van der Waals surface area contributed by atoms with Crippen molar-refractivity contribution in [2.75, 3.05) is 85.8 Å². The second-order valence-electron chi connectivity index (χ2n) is 7.96. The topological polar surface area (TPSA) is 162 Å². The van der Waals surface area contributed by atoms with E-state index in [1.807, 2.05) is 24.3 Å². The molecule has 0 aliphatic rings. The van der Waals surface area contributed by atoms with Crippen molar-refractivity contribution in [2.24, 2.45) is 5.73 Å². The lowest BCUT2D eigenvalue weighted by Crippen LogP contribution is -2.24. The normalized spacial score (nSPS) is 11.1. The Balaban J connectivity index is 1.34. The average molecular weight is 537 g/mol. The number of benzene rings is 1. The molecule has 0 aliphatic carbocycles. The van der Waals surface area contributed by atoms with Crippen molar-refractivity contribution in [2.45, 2.75) is 19.9 Å². The number of carbonyl (C=O) groups is 1. The van der Waals surface area contributed by atoms with Gasteiger partial charge in [0.1, 0.15) is 0 Å². The van der Waals surface area contributed by atoms with Crippen molar-refractivity contribution in [3.8, 4) is 11.4 Å². The first-order chi connectivity index (χ1) is 18.7. The SMILES string of the molecule is Cc1nnc(-c2ccc(CNC(=O)CCOCCOCCOCCOCCOCCOCCN)cc2)nn1. The van der Waals surface area contributed by atoms with Gasteiger partial charge in [0.15, 0.2) is 5.82 Å². The maximum absolute atomic E-state index is 12.0. The minimum absolute atomic E-state index is 0.0797. The van der Waals surface area contributed by atoms with E-state index in [1.54, 1.807) is 6.92 Å². The van der Waals surface area contributed by atoms with Crippen LogP contribution in [0.15, 0.2) is 24.3 Å². The molecule has 1 heterocycles. The molecular weight excluding hydrogens is 496 g/mol. The Hall–Kier alpha value is -2.65. The monoisotopic (exact) mass is 536 g/mol. The molecule has 1 aromatic carbocycles. The Bertz CT molecular complexity index is 858. The first-order valence-electron chi connectivity index (χ1n) is 12.8. The van der Waals surface area contributed by atoms with E-state index >= 15 is 0 Å². The van der Waals surface area contributed by atoms with Gasteiger partial charge in [0.2, 0.25) is 11.7 Å². The second kappa shape index (κ2) is 21.3. The van der Waals surface area contributed by atoms with Crippen molar-refractivity contribution in [1.82, 2.24) is 25.7 Å². The zero-order valence-electron chi connectivity index (χ0n) is 22.1. The van der Waals surface area contributed by atoms with Crippen LogP contribution in [0.1, 0.15) is 17.8 Å². The van der Waals surface area contributed by atoms with Gasteiger partial charge in [-0.1, -0.05) is 24.3 Å². The smallest absolute Gasteiger partial charge is 0.222 e. The molecule has 0 radical (unpaired) electrons. The number of nitrogens with one attached hydrogen (secondary N) is 1. The van der Waals surface area contributed by atoms with Gasteiger partial charge in [-0.3, -0.25) is 4.79 Å². The number of nitrogens with zero attached hydrogens (tertiary/aromatic N) is 4. The van der Waals surface area contributed by atoms with E-state index < -0.39 is 0 Å². The number of carbonyl (C=O) groups excluding carboxylic acids is 1. The summed E-state index contributed by atoms with van der Waals surface area (Å²) >= 11 is 0. The highest BCUT2D eigenvalue weighted by atomic mass is 16.6. The van der Waals surface area contributed by atoms with E-state index in [4.69, 9.17) is 34.2 Å². The lowest BCUT2D eigenvalue weighted by atomic mass is 10.1. The van der Waals surface area contributed by atoms with Gasteiger partial charge in [0, 0.05) is 25.1 Å². The van der Waals surface area contributed by atoms with Crippen LogP contribution in [0.5, 0.6) is 0 Å². The number of aromatic nitrogens is 4. The summed E-state index contributed by atoms with van der Waals surface area (Å²) < 4.78 is 32.3. The molecule has 1 aromatic heterocycles. The van der Waals surface area contributed by atoms with E-state index in [9.17, 15) is 4.79 Å². The third-order valence-corrected chi connectivity index (χ3v) is 4.88. The van der Waals surface area contributed by atoms with Crippen LogP contribution < -0.4 is 11.1 Å². The number of hydrogen-bond acceptors (Lipinski definition) is 12. The molecule has 0 bridgehead atoms. The predicted octanol–water partition coefficient (Wildman–Crippen LogP) is 0.307. The van der Waals surface area contributed by atoms with Crippen LogP contribution >= 0.6 is 0 Å². The fourth-order valence-electron chi connectivity index (χ4n) is 2.91. The van der Waals surface area contributed by atoms with Gasteiger partial charge in [-0.05, 0) is 12.5 Å². The van der Waals surface area contributed by atoms with Crippen LogP contribution in [-0.4, -0.2) is 112 Å². The zero-order valence-corrected chi connectivity index (χ0v) is 22.1. The summed E-state index contributed by atoms with van der Waals surface area (Å²) in [6.07, 6.45) is 0.281. The molecule has 38 heavy (non-hydrogen) atoms. The van der Waals surface area contributed by atoms with E-state index in [0.29, 0.717) is 104 Å². The fourth-order valence-corrected chi connectivity index (χ4v) is 2.91. The van der Waals surface area contributed by atoms with Crippen LogP contribution in [0.3, 0.4) is 0 Å². The molecule has 0 saturated carbocycles. The van der Waals surface area contributed by atoms with Gasteiger partial charge in [-0.2, -0.15) is 0 Å². The molecule has 0 aliphatic heterocycles. The number of ether oxygens (including phenoxy) is 6. The first kappa shape index (κ1) is 31.6. The molecule has 3 N–H and O–H groups in total. The number of rotatable bonds is 23. The second-order valence-corrected chi connectivity index (χ2v) is 7.96. The zero-order chi connectivity index (χ0) is 27.1. The van der Waals surface area contributed by atoms with Crippen molar-refractivity contribution >= 4 is 5.91 Å². The highest BCUT2D eigenvalue weighted by Crippen LogP contribution is 2.13. The molecule has 0 atom stereocenters. The van der Waals surface area contributed by atoms with Gasteiger partial charge < -0.3 is 39.5 Å². The maximum Gasteiger partial charge on any atom is 0.222 e. The minimum atomic E-state index is -0.0797. The van der Waals surface area contributed by atoms with Crippen LogP contribution in [0.4, 0.5) is 0 Å². The summed E-state index contributed by atoms with van der Waals surface area (Å²) in [6, 6.07) is 7.56. The predicted molar refractivity (Wildman–Crippen MR) is 138 cm³/mol. The fraction of sp³-hybridized carbons (Fsp3) is 0.640. The molecule has 13 nitrogen and oxygen atoms in total. The molecule has 2 aromatic rings. The molecule has 2 rings (SSSR count). The Morgan fingerprint density at radius 2 is 1.13 bits per heavy atom. The Kier molecular flexibility index (Phi) is 17.7. The van der Waals surface area contributed by atoms with E-state index in [1.165, 1.54) is 0 Å².